The molecule has 0 saturated heterocycles. The monoisotopic (exact) mass is 291 g/mol. The molecule has 1 aliphatic carbocycles. The van der Waals surface area contributed by atoms with Crippen LogP contribution in [0, 0.1) is 5.92 Å². The number of methoxy groups -OCH3 is 1. The van der Waals surface area contributed by atoms with Crippen LogP contribution in [0.5, 0.6) is 0 Å². The maximum Gasteiger partial charge on any atom is 0.309 e. The Bertz CT molecular complexity index is 849. The van der Waals surface area contributed by atoms with Crippen LogP contribution in [0.4, 0.5) is 0 Å². The van der Waals surface area contributed by atoms with Gasteiger partial charge in [0.1, 0.15) is 0 Å². The summed E-state index contributed by atoms with van der Waals surface area (Å²) >= 11 is 0. The van der Waals surface area contributed by atoms with Crippen LogP contribution in [-0.2, 0) is 22.4 Å². The quantitative estimate of drug-likeness (QED) is 0.676. The van der Waals surface area contributed by atoms with Gasteiger partial charge in [0.25, 0.3) is 0 Å². The molecule has 0 bridgehead atoms. The van der Waals surface area contributed by atoms with E-state index in [0.717, 1.165) is 18.5 Å². The lowest BCUT2D eigenvalue weighted by Crippen LogP contribution is -2.17. The largest absolute Gasteiger partial charge is 0.469 e. The lowest BCUT2D eigenvalue weighted by atomic mass is 10.1. The van der Waals surface area contributed by atoms with Crippen molar-refractivity contribution in [1.82, 2.24) is 4.57 Å². The topological polar surface area (TPSA) is 31.2 Å². The molecule has 0 fully saturated rings. The van der Waals surface area contributed by atoms with E-state index >= 15 is 0 Å². The Morgan fingerprint density at radius 3 is 2.55 bits per heavy atom. The predicted octanol–water partition coefficient (Wildman–Crippen LogP) is 3.52. The molecule has 0 aliphatic heterocycles. The summed E-state index contributed by atoms with van der Waals surface area (Å²) in [5.74, 6) is -0.172. The molecule has 4 rings (SSSR count). The summed E-state index contributed by atoms with van der Waals surface area (Å²) in [7, 11) is 1.47. The molecule has 1 aliphatic rings. The van der Waals surface area contributed by atoms with E-state index in [1.807, 2.05) is 18.2 Å². The van der Waals surface area contributed by atoms with Gasteiger partial charge >= 0.3 is 5.97 Å². The molecule has 1 heterocycles. The van der Waals surface area contributed by atoms with Gasteiger partial charge < -0.3 is 9.30 Å². The fraction of sp³-hybridized carbons (Fsp3) is 0.211. The number of nitrogens with zero attached hydrogens (tertiary/aromatic N) is 1. The van der Waals surface area contributed by atoms with Gasteiger partial charge in [-0.05, 0) is 30.2 Å². The maximum absolute atomic E-state index is 11.9. The molecule has 3 nitrogen and oxygen atoms in total. The van der Waals surface area contributed by atoms with Crippen molar-refractivity contribution in [2.24, 2.45) is 5.92 Å². The first-order valence-corrected chi connectivity index (χ1v) is 7.54. The number of benzene rings is 2. The average molecular weight is 291 g/mol. The summed E-state index contributed by atoms with van der Waals surface area (Å²) in [6, 6.07) is 18.7. The molecule has 0 radical (unpaired) electrons. The van der Waals surface area contributed by atoms with Crippen LogP contribution in [0.15, 0.2) is 54.6 Å². The zero-order valence-electron chi connectivity index (χ0n) is 12.5. The first-order chi connectivity index (χ1) is 10.8. The van der Waals surface area contributed by atoms with Crippen molar-refractivity contribution in [3.8, 4) is 5.69 Å². The Balaban J connectivity index is 1.93. The van der Waals surface area contributed by atoms with Crippen LogP contribution < -0.4 is 0 Å². The molecular weight excluding hydrogens is 274 g/mol. The van der Waals surface area contributed by atoms with Gasteiger partial charge in [-0.1, -0.05) is 36.4 Å². The number of rotatable bonds is 2. The van der Waals surface area contributed by atoms with Crippen molar-refractivity contribution in [2.45, 2.75) is 12.8 Å². The van der Waals surface area contributed by atoms with Gasteiger partial charge in [-0.3, -0.25) is 4.79 Å². The molecule has 0 amide bonds. The highest BCUT2D eigenvalue weighted by molar-refractivity contribution is 5.89. The van der Waals surface area contributed by atoms with E-state index in [1.54, 1.807) is 0 Å². The maximum atomic E-state index is 11.9. The molecule has 0 spiro atoms. The Hall–Kier alpha value is -2.55. The van der Waals surface area contributed by atoms with E-state index < -0.39 is 0 Å². The summed E-state index contributed by atoms with van der Waals surface area (Å²) in [6.45, 7) is 0. The summed E-state index contributed by atoms with van der Waals surface area (Å²) < 4.78 is 7.23. The number of fused-ring (bicyclic) bond motifs is 3. The molecule has 1 aromatic heterocycles. The molecule has 0 N–H and O–H groups in total. The number of carbonyl (C=O) groups excluding carboxylic acids is 1. The lowest BCUT2D eigenvalue weighted by molar-refractivity contribution is -0.145. The normalized spacial score (nSPS) is 16.7. The van der Waals surface area contributed by atoms with Gasteiger partial charge in [0.05, 0.1) is 18.5 Å². The molecule has 2 aromatic carbocycles. The van der Waals surface area contributed by atoms with Crippen LogP contribution in [0.25, 0.3) is 16.6 Å². The van der Waals surface area contributed by atoms with Gasteiger partial charge in [0.2, 0.25) is 0 Å². The van der Waals surface area contributed by atoms with Crippen molar-refractivity contribution < 1.29 is 9.53 Å². The summed E-state index contributed by atoms with van der Waals surface area (Å²) in [4.78, 5) is 11.9. The van der Waals surface area contributed by atoms with Crippen LogP contribution in [-0.4, -0.2) is 17.6 Å². The minimum Gasteiger partial charge on any atom is -0.469 e. The Kier molecular flexibility index (Phi) is 3.00. The van der Waals surface area contributed by atoms with Crippen molar-refractivity contribution in [2.75, 3.05) is 7.11 Å². The average Bonchev–Trinajstić information content (AvgIpc) is 3.12. The number of ether oxygens (including phenoxy) is 1. The molecule has 22 heavy (non-hydrogen) atoms. The van der Waals surface area contributed by atoms with Crippen molar-refractivity contribution >= 4 is 16.9 Å². The Morgan fingerprint density at radius 1 is 1.05 bits per heavy atom. The van der Waals surface area contributed by atoms with Crippen molar-refractivity contribution in [3.05, 3.63) is 65.9 Å². The Labute approximate surface area is 129 Å². The molecule has 0 saturated carbocycles. The third-order valence-corrected chi connectivity index (χ3v) is 4.53. The fourth-order valence-electron chi connectivity index (χ4n) is 3.56. The minimum absolute atomic E-state index is 0.0606. The van der Waals surface area contributed by atoms with E-state index in [0.29, 0.717) is 0 Å². The summed E-state index contributed by atoms with van der Waals surface area (Å²) in [6.07, 6.45) is 1.51. The molecule has 110 valence electrons. The van der Waals surface area contributed by atoms with Gasteiger partial charge in [-0.25, -0.2) is 0 Å². The van der Waals surface area contributed by atoms with Crippen LogP contribution in [0.3, 0.4) is 0 Å². The SMILES string of the molecule is COC(=O)[C@H]1Cc2c(n(-c3ccccc3)c3ccccc23)C1. The Morgan fingerprint density at radius 2 is 1.77 bits per heavy atom. The zero-order valence-corrected chi connectivity index (χ0v) is 12.5. The van der Waals surface area contributed by atoms with Crippen molar-refractivity contribution in [1.29, 1.82) is 0 Å². The number of aromatic nitrogens is 1. The molecule has 0 unspecified atom stereocenters. The number of esters is 1. The fourth-order valence-corrected chi connectivity index (χ4v) is 3.56. The minimum atomic E-state index is -0.111. The van der Waals surface area contributed by atoms with Crippen LogP contribution in [0.1, 0.15) is 11.3 Å². The molecule has 3 heteroatoms. The zero-order chi connectivity index (χ0) is 15.1. The van der Waals surface area contributed by atoms with Gasteiger partial charge in [-0.2, -0.15) is 0 Å². The van der Waals surface area contributed by atoms with E-state index in [2.05, 4.69) is 41.0 Å². The smallest absolute Gasteiger partial charge is 0.309 e. The molecular formula is C19H17NO2. The van der Waals surface area contributed by atoms with Gasteiger partial charge in [-0.15, -0.1) is 0 Å². The number of carbonyl (C=O) groups is 1. The highest BCUT2D eigenvalue weighted by Gasteiger charge is 2.33. The van der Waals surface area contributed by atoms with E-state index in [1.165, 1.54) is 29.3 Å². The first-order valence-electron chi connectivity index (χ1n) is 7.54. The summed E-state index contributed by atoms with van der Waals surface area (Å²) in [5.41, 5.74) is 4.88. The predicted molar refractivity (Wildman–Crippen MR) is 86.2 cm³/mol. The molecule has 1 atom stereocenters. The number of para-hydroxylation sites is 2. The van der Waals surface area contributed by atoms with E-state index in [4.69, 9.17) is 4.74 Å². The van der Waals surface area contributed by atoms with Gasteiger partial charge in [0, 0.05) is 23.2 Å². The van der Waals surface area contributed by atoms with Crippen LogP contribution >= 0.6 is 0 Å². The number of hydrogen-bond donors (Lipinski definition) is 0. The van der Waals surface area contributed by atoms with Gasteiger partial charge in [0.15, 0.2) is 0 Å². The molecule has 3 aromatic rings. The van der Waals surface area contributed by atoms with Crippen LogP contribution in [0.2, 0.25) is 0 Å². The third kappa shape index (κ3) is 1.86. The second-order valence-corrected chi connectivity index (χ2v) is 5.74. The summed E-state index contributed by atoms with van der Waals surface area (Å²) in [5, 5.41) is 1.24. The van der Waals surface area contributed by atoms with E-state index in [9.17, 15) is 4.79 Å². The lowest BCUT2D eigenvalue weighted by Gasteiger charge is -2.11. The third-order valence-electron chi connectivity index (χ3n) is 4.53. The number of hydrogen-bond acceptors (Lipinski definition) is 2. The first kappa shape index (κ1) is 13.1. The highest BCUT2D eigenvalue weighted by Crippen LogP contribution is 2.37. The second kappa shape index (κ2) is 5.02. The second-order valence-electron chi connectivity index (χ2n) is 5.74. The highest BCUT2D eigenvalue weighted by atomic mass is 16.5. The van der Waals surface area contributed by atoms with Crippen molar-refractivity contribution in [3.63, 3.8) is 0 Å². The standard InChI is InChI=1S/C19H17NO2/c1-22-19(21)13-11-16-15-9-5-6-10-17(15)20(18(16)12-13)14-7-3-2-4-8-14/h2-10,13H,11-12H2,1H3/t13-/m0/s1. The van der Waals surface area contributed by atoms with E-state index in [-0.39, 0.29) is 11.9 Å².